The van der Waals surface area contributed by atoms with E-state index in [1.807, 2.05) is 23.5 Å². The maximum absolute atomic E-state index is 3.69. The fraction of sp³-hybridized carbons (Fsp3) is 0.0833. The Labute approximate surface area is 171 Å². The van der Waals surface area contributed by atoms with Gasteiger partial charge in [0, 0.05) is 53.0 Å². The molecule has 134 valence electrons. The number of fused-ring (bicyclic) bond motifs is 10. The monoisotopic (exact) mass is 396 g/mol. The molecule has 2 aliphatic heterocycles. The highest BCUT2D eigenvalue weighted by Gasteiger charge is 2.35. The largest absolute Gasteiger partial charge is 0.378 e. The van der Waals surface area contributed by atoms with Crippen LogP contribution in [0.1, 0.15) is 11.5 Å². The summed E-state index contributed by atoms with van der Waals surface area (Å²) < 4.78 is 0. The number of aromatic amines is 1. The standard InChI is InChI=1S/C24H16N2S2/c1-3-7-15-13(5-1)21-17(25-15)9-11-19-23(21)27-20-12-10-18-22(24(20)28-19)14-6-2-4-8-16(14)26-18/h1-13,15,25-26H. The number of para-hydroxylation sites is 1. The van der Waals surface area contributed by atoms with Crippen LogP contribution >= 0.6 is 23.5 Å². The molecule has 0 radical (unpaired) electrons. The third kappa shape index (κ3) is 1.97. The number of allylic oxidation sites excluding steroid dienone is 2. The molecule has 0 fully saturated rings. The summed E-state index contributed by atoms with van der Waals surface area (Å²) in [6, 6.07) is 18.1. The van der Waals surface area contributed by atoms with Crippen LogP contribution in [0.3, 0.4) is 0 Å². The first-order valence-electron chi connectivity index (χ1n) is 9.54. The minimum absolute atomic E-state index is 0.384. The number of rotatable bonds is 0. The van der Waals surface area contributed by atoms with Gasteiger partial charge in [-0.15, -0.1) is 0 Å². The molecule has 0 saturated carbocycles. The van der Waals surface area contributed by atoms with E-state index in [4.69, 9.17) is 0 Å². The zero-order chi connectivity index (χ0) is 18.2. The van der Waals surface area contributed by atoms with E-state index in [1.54, 1.807) is 0 Å². The Balaban J connectivity index is 1.44. The lowest BCUT2D eigenvalue weighted by Gasteiger charge is -2.23. The summed E-state index contributed by atoms with van der Waals surface area (Å²) >= 11 is 3.86. The van der Waals surface area contributed by atoms with Crippen molar-refractivity contribution in [3.05, 3.63) is 78.4 Å². The van der Waals surface area contributed by atoms with Crippen LogP contribution in [0.2, 0.25) is 0 Å². The van der Waals surface area contributed by atoms with Crippen molar-refractivity contribution in [2.75, 3.05) is 5.32 Å². The summed E-state index contributed by atoms with van der Waals surface area (Å²) in [7, 11) is 0. The van der Waals surface area contributed by atoms with E-state index in [9.17, 15) is 0 Å². The Hall–Kier alpha value is -2.56. The van der Waals surface area contributed by atoms with Gasteiger partial charge in [0.25, 0.3) is 0 Å². The number of anilines is 1. The Morgan fingerprint density at radius 3 is 2.57 bits per heavy atom. The lowest BCUT2D eigenvalue weighted by atomic mass is 9.92. The Bertz CT molecular complexity index is 1360. The Morgan fingerprint density at radius 1 is 0.750 bits per heavy atom. The van der Waals surface area contributed by atoms with Crippen molar-refractivity contribution >= 4 is 51.0 Å². The number of benzene rings is 3. The maximum atomic E-state index is 3.69. The summed E-state index contributed by atoms with van der Waals surface area (Å²) in [6.07, 6.45) is 8.95. The van der Waals surface area contributed by atoms with Crippen molar-refractivity contribution in [3.8, 4) is 0 Å². The molecule has 7 rings (SSSR count). The van der Waals surface area contributed by atoms with E-state index in [2.05, 4.69) is 83.1 Å². The summed E-state index contributed by atoms with van der Waals surface area (Å²) in [6.45, 7) is 0. The molecule has 3 aromatic carbocycles. The average Bonchev–Trinajstić information content (AvgIpc) is 3.30. The normalized spacial score (nSPS) is 21.3. The zero-order valence-electron chi connectivity index (χ0n) is 14.9. The second-order valence-electron chi connectivity index (χ2n) is 7.51. The van der Waals surface area contributed by atoms with Gasteiger partial charge in [0.15, 0.2) is 0 Å². The molecule has 3 heterocycles. The summed E-state index contributed by atoms with van der Waals surface area (Å²) in [5.74, 6) is 0.432. The van der Waals surface area contributed by atoms with Gasteiger partial charge in [-0.05, 0) is 35.9 Å². The van der Waals surface area contributed by atoms with E-state index in [0.717, 1.165) is 0 Å². The maximum Gasteiger partial charge on any atom is 0.0552 e. The second-order valence-corrected chi connectivity index (χ2v) is 9.61. The van der Waals surface area contributed by atoms with Crippen LogP contribution in [-0.4, -0.2) is 11.0 Å². The van der Waals surface area contributed by atoms with E-state index >= 15 is 0 Å². The second kappa shape index (κ2) is 5.49. The first-order chi connectivity index (χ1) is 13.9. The molecule has 28 heavy (non-hydrogen) atoms. The van der Waals surface area contributed by atoms with Crippen molar-refractivity contribution in [3.63, 3.8) is 0 Å². The van der Waals surface area contributed by atoms with Crippen LogP contribution in [0.15, 0.2) is 92.4 Å². The Kier molecular flexibility index (Phi) is 3.02. The first kappa shape index (κ1) is 15.4. The van der Waals surface area contributed by atoms with E-state index in [0.29, 0.717) is 12.0 Å². The predicted molar refractivity (Wildman–Crippen MR) is 119 cm³/mol. The fourth-order valence-corrected chi connectivity index (χ4v) is 7.34. The summed E-state index contributed by atoms with van der Waals surface area (Å²) in [5, 5.41) is 6.36. The van der Waals surface area contributed by atoms with Gasteiger partial charge in [-0.25, -0.2) is 0 Å². The van der Waals surface area contributed by atoms with Crippen molar-refractivity contribution < 1.29 is 0 Å². The van der Waals surface area contributed by atoms with Gasteiger partial charge in [0.05, 0.1) is 6.04 Å². The summed E-state index contributed by atoms with van der Waals surface area (Å²) in [4.78, 5) is 9.13. The van der Waals surface area contributed by atoms with Crippen molar-refractivity contribution in [2.24, 2.45) is 0 Å². The van der Waals surface area contributed by atoms with E-state index in [-0.39, 0.29) is 0 Å². The molecule has 0 amide bonds. The molecule has 0 saturated heterocycles. The topological polar surface area (TPSA) is 27.8 Å². The minimum atomic E-state index is 0.384. The van der Waals surface area contributed by atoms with Crippen LogP contribution in [0.4, 0.5) is 5.69 Å². The minimum Gasteiger partial charge on any atom is -0.378 e. The van der Waals surface area contributed by atoms with Crippen molar-refractivity contribution in [2.45, 2.75) is 31.5 Å². The molecular weight excluding hydrogens is 380 g/mol. The molecule has 1 aliphatic carbocycles. The van der Waals surface area contributed by atoms with Crippen LogP contribution in [0.25, 0.3) is 21.8 Å². The third-order valence-corrected chi connectivity index (χ3v) is 8.61. The van der Waals surface area contributed by atoms with Gasteiger partial charge in [-0.3, -0.25) is 0 Å². The van der Waals surface area contributed by atoms with E-state index < -0.39 is 0 Å². The highest BCUT2D eigenvalue weighted by molar-refractivity contribution is 8.05. The van der Waals surface area contributed by atoms with Gasteiger partial charge >= 0.3 is 0 Å². The Morgan fingerprint density at radius 2 is 1.57 bits per heavy atom. The van der Waals surface area contributed by atoms with Gasteiger partial charge in [0.1, 0.15) is 0 Å². The van der Waals surface area contributed by atoms with E-state index in [1.165, 1.54) is 52.6 Å². The van der Waals surface area contributed by atoms with Crippen LogP contribution in [0, 0.1) is 0 Å². The number of hydrogen-bond acceptors (Lipinski definition) is 3. The molecular formula is C24H16N2S2. The molecule has 4 heteroatoms. The van der Waals surface area contributed by atoms with Crippen molar-refractivity contribution in [1.82, 2.24) is 4.98 Å². The number of hydrogen-bond donors (Lipinski definition) is 2. The van der Waals surface area contributed by atoms with Crippen LogP contribution in [0.5, 0.6) is 0 Å². The quantitative estimate of drug-likeness (QED) is 0.297. The third-order valence-electron chi connectivity index (χ3n) is 5.96. The molecule has 4 aromatic rings. The van der Waals surface area contributed by atoms with Crippen LogP contribution < -0.4 is 5.32 Å². The molecule has 3 aliphatic rings. The van der Waals surface area contributed by atoms with Gasteiger partial charge in [-0.2, -0.15) is 0 Å². The molecule has 2 unspecified atom stereocenters. The highest BCUT2D eigenvalue weighted by atomic mass is 32.2. The lowest BCUT2D eigenvalue weighted by Crippen LogP contribution is -2.17. The smallest absolute Gasteiger partial charge is 0.0552 e. The van der Waals surface area contributed by atoms with Gasteiger partial charge in [-0.1, -0.05) is 66.0 Å². The average molecular weight is 397 g/mol. The lowest BCUT2D eigenvalue weighted by molar-refractivity contribution is 0.789. The van der Waals surface area contributed by atoms with Gasteiger partial charge < -0.3 is 10.3 Å². The molecule has 2 nitrogen and oxygen atoms in total. The molecule has 0 bridgehead atoms. The molecule has 2 N–H and O–H groups in total. The number of H-pyrrole nitrogens is 1. The molecule has 2 atom stereocenters. The number of nitrogens with one attached hydrogen (secondary N) is 2. The molecule has 0 spiro atoms. The van der Waals surface area contributed by atoms with Crippen molar-refractivity contribution in [1.29, 1.82) is 0 Å². The molecule has 1 aromatic heterocycles. The predicted octanol–water partition coefficient (Wildman–Crippen LogP) is 6.94. The number of aromatic nitrogens is 1. The zero-order valence-corrected chi connectivity index (χ0v) is 16.5. The highest BCUT2D eigenvalue weighted by Crippen LogP contribution is 2.57. The first-order valence-corrected chi connectivity index (χ1v) is 11.2. The van der Waals surface area contributed by atoms with Gasteiger partial charge in [0.2, 0.25) is 0 Å². The van der Waals surface area contributed by atoms with Crippen LogP contribution in [-0.2, 0) is 0 Å². The summed E-state index contributed by atoms with van der Waals surface area (Å²) in [5.41, 5.74) is 5.18. The SMILES string of the molecule is C1=CC2Nc3ccc4c(c3C2C=C1)Sc1ccc2[nH]c3ccccc3c2c1S4. The fourth-order valence-electron chi connectivity index (χ4n) is 4.71.